The van der Waals surface area contributed by atoms with Gasteiger partial charge in [-0.3, -0.25) is 4.79 Å². The summed E-state index contributed by atoms with van der Waals surface area (Å²) in [5, 5.41) is 5.78. The molecule has 3 amide bonds. The number of carbonyl (C=O) groups excluding carboxylic acids is 2. The fraction of sp³-hybridized carbons (Fsp3) is 0.125. The molecule has 0 aromatic heterocycles. The standard InChI is InChI=1S/C16H15BrClN3O2/c17-10-4-3-5-11(8-10)20-15(22)9-14(21-16(19)23)12-6-1-2-7-13(12)18/h1-8,14H,9H2,(H,20,22)(H3,19,21,23)/t14-/m0/s1. The quantitative estimate of drug-likeness (QED) is 0.717. The van der Waals surface area contributed by atoms with E-state index in [4.69, 9.17) is 17.3 Å². The number of halogens is 2. The van der Waals surface area contributed by atoms with Crippen LogP contribution in [-0.2, 0) is 4.79 Å². The Morgan fingerprint density at radius 3 is 2.57 bits per heavy atom. The highest BCUT2D eigenvalue weighted by molar-refractivity contribution is 9.10. The fourth-order valence-electron chi connectivity index (χ4n) is 2.13. The van der Waals surface area contributed by atoms with Crippen LogP contribution in [0, 0.1) is 0 Å². The topological polar surface area (TPSA) is 84.2 Å². The van der Waals surface area contributed by atoms with Gasteiger partial charge in [0.25, 0.3) is 0 Å². The molecule has 4 N–H and O–H groups in total. The van der Waals surface area contributed by atoms with Crippen LogP contribution in [0.25, 0.3) is 0 Å². The minimum Gasteiger partial charge on any atom is -0.352 e. The molecule has 5 nitrogen and oxygen atoms in total. The van der Waals surface area contributed by atoms with Crippen LogP contribution in [0.2, 0.25) is 5.02 Å². The first-order chi connectivity index (χ1) is 11.0. The van der Waals surface area contributed by atoms with Crippen molar-refractivity contribution in [1.82, 2.24) is 5.32 Å². The molecule has 7 heteroatoms. The van der Waals surface area contributed by atoms with Crippen molar-refractivity contribution in [2.45, 2.75) is 12.5 Å². The Balaban J connectivity index is 2.13. The van der Waals surface area contributed by atoms with Gasteiger partial charge in [0.2, 0.25) is 5.91 Å². The average molecular weight is 397 g/mol. The van der Waals surface area contributed by atoms with E-state index in [-0.39, 0.29) is 12.3 Å². The second-order valence-corrected chi connectivity index (χ2v) is 6.17. The molecular weight excluding hydrogens is 382 g/mol. The first-order valence-corrected chi connectivity index (χ1v) is 7.98. The largest absolute Gasteiger partial charge is 0.352 e. The van der Waals surface area contributed by atoms with Crippen LogP contribution >= 0.6 is 27.5 Å². The third kappa shape index (κ3) is 5.26. The highest BCUT2D eigenvalue weighted by Gasteiger charge is 2.19. The summed E-state index contributed by atoms with van der Waals surface area (Å²) < 4.78 is 0.855. The van der Waals surface area contributed by atoms with E-state index in [9.17, 15) is 9.59 Å². The molecule has 0 aliphatic rings. The molecule has 2 rings (SSSR count). The van der Waals surface area contributed by atoms with Gasteiger partial charge in [0, 0.05) is 15.2 Å². The van der Waals surface area contributed by atoms with E-state index < -0.39 is 12.1 Å². The van der Waals surface area contributed by atoms with Crippen LogP contribution in [0.15, 0.2) is 53.0 Å². The number of benzene rings is 2. The summed E-state index contributed by atoms with van der Waals surface area (Å²) in [6, 6.07) is 12.9. The number of nitrogens with one attached hydrogen (secondary N) is 2. The van der Waals surface area contributed by atoms with Crippen LogP contribution < -0.4 is 16.4 Å². The number of amides is 3. The van der Waals surface area contributed by atoms with Crippen LogP contribution in [0.5, 0.6) is 0 Å². The predicted octanol–water partition coefficient (Wildman–Crippen LogP) is 3.84. The van der Waals surface area contributed by atoms with E-state index >= 15 is 0 Å². The van der Waals surface area contributed by atoms with Gasteiger partial charge < -0.3 is 16.4 Å². The average Bonchev–Trinajstić information content (AvgIpc) is 2.46. The molecule has 0 radical (unpaired) electrons. The van der Waals surface area contributed by atoms with E-state index in [0.29, 0.717) is 16.3 Å². The molecule has 120 valence electrons. The van der Waals surface area contributed by atoms with Gasteiger partial charge in [0.15, 0.2) is 0 Å². The maximum absolute atomic E-state index is 12.2. The first kappa shape index (κ1) is 17.3. The summed E-state index contributed by atoms with van der Waals surface area (Å²) in [5.74, 6) is -0.262. The monoisotopic (exact) mass is 395 g/mol. The van der Waals surface area contributed by atoms with E-state index in [1.54, 1.807) is 36.4 Å². The summed E-state index contributed by atoms with van der Waals surface area (Å²) in [6.07, 6.45) is 0.0131. The second-order valence-electron chi connectivity index (χ2n) is 4.85. The lowest BCUT2D eigenvalue weighted by Gasteiger charge is -2.19. The summed E-state index contributed by atoms with van der Waals surface area (Å²) >= 11 is 9.48. The summed E-state index contributed by atoms with van der Waals surface area (Å²) in [5.41, 5.74) is 6.49. The number of carbonyl (C=O) groups is 2. The third-order valence-corrected chi connectivity index (χ3v) is 3.93. The molecule has 0 fully saturated rings. The molecule has 2 aromatic carbocycles. The van der Waals surface area contributed by atoms with Gasteiger partial charge in [-0.2, -0.15) is 0 Å². The van der Waals surface area contributed by atoms with Gasteiger partial charge in [-0.1, -0.05) is 51.8 Å². The maximum atomic E-state index is 12.2. The lowest BCUT2D eigenvalue weighted by atomic mass is 10.0. The van der Waals surface area contributed by atoms with Crippen molar-refractivity contribution in [3.8, 4) is 0 Å². The minimum atomic E-state index is -0.717. The molecule has 0 heterocycles. The molecule has 0 aliphatic carbocycles. The molecule has 0 spiro atoms. The van der Waals surface area contributed by atoms with Crippen molar-refractivity contribution in [3.63, 3.8) is 0 Å². The van der Waals surface area contributed by atoms with Gasteiger partial charge in [-0.05, 0) is 29.8 Å². The number of anilines is 1. The first-order valence-electron chi connectivity index (χ1n) is 6.81. The zero-order valence-corrected chi connectivity index (χ0v) is 14.4. The van der Waals surface area contributed by atoms with Crippen LogP contribution in [-0.4, -0.2) is 11.9 Å². The van der Waals surface area contributed by atoms with Gasteiger partial charge in [-0.25, -0.2) is 4.79 Å². The lowest BCUT2D eigenvalue weighted by molar-refractivity contribution is -0.116. The van der Waals surface area contributed by atoms with Gasteiger partial charge in [0.1, 0.15) is 0 Å². The molecule has 23 heavy (non-hydrogen) atoms. The summed E-state index contributed by atoms with van der Waals surface area (Å²) in [7, 11) is 0. The van der Waals surface area contributed by atoms with Crippen molar-refractivity contribution in [2.75, 3.05) is 5.32 Å². The van der Waals surface area contributed by atoms with E-state index in [1.165, 1.54) is 0 Å². The zero-order chi connectivity index (χ0) is 16.8. The fourth-order valence-corrected chi connectivity index (χ4v) is 2.80. The normalized spacial score (nSPS) is 11.6. The number of urea groups is 1. The van der Waals surface area contributed by atoms with Crippen molar-refractivity contribution in [2.24, 2.45) is 5.73 Å². The third-order valence-electron chi connectivity index (χ3n) is 3.10. The minimum absolute atomic E-state index is 0.0131. The van der Waals surface area contributed by atoms with Crippen LogP contribution in [0.4, 0.5) is 10.5 Å². The molecule has 0 aliphatic heterocycles. The Morgan fingerprint density at radius 2 is 1.91 bits per heavy atom. The number of rotatable bonds is 5. The highest BCUT2D eigenvalue weighted by Crippen LogP contribution is 2.25. The Hall–Kier alpha value is -2.05. The summed E-state index contributed by atoms with van der Waals surface area (Å²) in [4.78, 5) is 23.4. The van der Waals surface area contributed by atoms with E-state index in [2.05, 4.69) is 26.6 Å². The Bertz CT molecular complexity index is 724. The van der Waals surface area contributed by atoms with E-state index in [0.717, 1.165) is 4.47 Å². The second kappa shape index (κ2) is 7.99. The number of hydrogen-bond acceptors (Lipinski definition) is 2. The Labute approximate surface area is 147 Å². The number of primary amides is 1. The van der Waals surface area contributed by atoms with Gasteiger partial charge in [0.05, 0.1) is 12.5 Å². The van der Waals surface area contributed by atoms with E-state index in [1.807, 2.05) is 12.1 Å². The Kier molecular flexibility index (Phi) is 6.01. The van der Waals surface area contributed by atoms with Crippen molar-refractivity contribution in [1.29, 1.82) is 0 Å². The molecule has 0 unspecified atom stereocenters. The molecule has 0 bridgehead atoms. The predicted molar refractivity (Wildman–Crippen MR) is 94.3 cm³/mol. The van der Waals surface area contributed by atoms with Crippen LogP contribution in [0.3, 0.4) is 0 Å². The Morgan fingerprint density at radius 1 is 1.17 bits per heavy atom. The van der Waals surface area contributed by atoms with Gasteiger partial charge >= 0.3 is 6.03 Å². The molecule has 0 saturated carbocycles. The van der Waals surface area contributed by atoms with Crippen molar-refractivity contribution < 1.29 is 9.59 Å². The molecule has 2 aromatic rings. The van der Waals surface area contributed by atoms with Gasteiger partial charge in [-0.15, -0.1) is 0 Å². The lowest BCUT2D eigenvalue weighted by Crippen LogP contribution is -2.35. The number of nitrogens with two attached hydrogens (primary N) is 1. The number of hydrogen-bond donors (Lipinski definition) is 3. The SMILES string of the molecule is NC(=O)N[C@@H](CC(=O)Nc1cccc(Br)c1)c1ccccc1Cl. The molecule has 0 saturated heterocycles. The van der Waals surface area contributed by atoms with Crippen molar-refractivity contribution >= 4 is 45.2 Å². The maximum Gasteiger partial charge on any atom is 0.312 e. The highest BCUT2D eigenvalue weighted by atomic mass is 79.9. The molecule has 1 atom stereocenters. The molecular formula is C16H15BrClN3O2. The summed E-state index contributed by atoms with van der Waals surface area (Å²) in [6.45, 7) is 0. The zero-order valence-electron chi connectivity index (χ0n) is 12.1. The van der Waals surface area contributed by atoms with Crippen LogP contribution in [0.1, 0.15) is 18.0 Å². The van der Waals surface area contributed by atoms with Crippen molar-refractivity contribution in [3.05, 3.63) is 63.6 Å². The smallest absolute Gasteiger partial charge is 0.312 e.